The fourth-order valence-electron chi connectivity index (χ4n) is 4.77. The number of ketones is 1. The maximum Gasteiger partial charge on any atom is 0.332 e. The van der Waals surface area contributed by atoms with Gasteiger partial charge in [-0.15, -0.1) is 11.3 Å². The van der Waals surface area contributed by atoms with Crippen LogP contribution in [0.3, 0.4) is 0 Å². The van der Waals surface area contributed by atoms with E-state index in [1.54, 1.807) is 18.3 Å². The van der Waals surface area contributed by atoms with Gasteiger partial charge < -0.3 is 5.73 Å². The van der Waals surface area contributed by atoms with Crippen molar-refractivity contribution in [2.45, 2.75) is 38.9 Å². The summed E-state index contributed by atoms with van der Waals surface area (Å²) in [6.07, 6.45) is 1.84. The lowest BCUT2D eigenvalue weighted by Crippen LogP contribution is -2.45. The van der Waals surface area contributed by atoms with Crippen molar-refractivity contribution in [2.75, 3.05) is 18.8 Å². The number of likely N-dealkylation sites (tertiary alicyclic amines) is 1. The topological polar surface area (TPSA) is 103 Å². The highest BCUT2D eigenvalue weighted by Gasteiger charge is 2.32. The van der Waals surface area contributed by atoms with E-state index in [0.29, 0.717) is 0 Å². The number of carbonyl (C=O) groups is 1. The molecule has 1 atom stereocenters. The van der Waals surface area contributed by atoms with Gasteiger partial charge in [0.05, 0.1) is 29.3 Å². The van der Waals surface area contributed by atoms with Crippen molar-refractivity contribution in [1.82, 2.24) is 19.0 Å². The highest BCUT2D eigenvalue weighted by atomic mass is 32.1. The molecule has 0 amide bonds. The third-order valence-electron chi connectivity index (χ3n) is 6.55. The number of carbonyl (C=O) groups excluding carboxylic acids is 1. The van der Waals surface area contributed by atoms with Gasteiger partial charge >= 0.3 is 5.69 Å². The SMILES string of the molecule is CCn1c(=O)c(C(=O)CN2CCC[C@@H]2c2nc3ccccc3s2)c(N)n(Cc2ccccc2)c1=O. The Kier molecular flexibility index (Phi) is 6.36. The zero-order valence-corrected chi connectivity index (χ0v) is 20.3. The highest BCUT2D eigenvalue weighted by molar-refractivity contribution is 7.18. The summed E-state index contributed by atoms with van der Waals surface area (Å²) in [4.78, 5) is 46.5. The lowest BCUT2D eigenvalue weighted by Gasteiger charge is -2.22. The second-order valence-corrected chi connectivity index (χ2v) is 9.80. The molecule has 2 aromatic heterocycles. The van der Waals surface area contributed by atoms with Gasteiger partial charge in [0.25, 0.3) is 5.56 Å². The molecule has 0 unspecified atom stereocenters. The number of para-hydroxylation sites is 1. The van der Waals surface area contributed by atoms with E-state index in [9.17, 15) is 14.4 Å². The maximum atomic E-state index is 13.5. The molecule has 9 heteroatoms. The van der Waals surface area contributed by atoms with Crippen LogP contribution in [0.4, 0.5) is 5.82 Å². The van der Waals surface area contributed by atoms with Gasteiger partial charge in [-0.25, -0.2) is 9.78 Å². The van der Waals surface area contributed by atoms with Gasteiger partial charge in [0, 0.05) is 6.54 Å². The quantitative estimate of drug-likeness (QED) is 0.400. The summed E-state index contributed by atoms with van der Waals surface area (Å²) in [5, 5.41) is 0.976. The normalized spacial score (nSPS) is 16.2. The van der Waals surface area contributed by atoms with Crippen LogP contribution in [-0.4, -0.2) is 37.9 Å². The Bertz CT molecular complexity index is 1470. The van der Waals surface area contributed by atoms with E-state index in [-0.39, 0.29) is 42.8 Å². The van der Waals surface area contributed by atoms with Crippen molar-refractivity contribution < 1.29 is 4.79 Å². The zero-order valence-electron chi connectivity index (χ0n) is 19.5. The van der Waals surface area contributed by atoms with Crippen LogP contribution in [0.25, 0.3) is 10.2 Å². The van der Waals surface area contributed by atoms with Crippen LogP contribution in [0, 0.1) is 0 Å². The van der Waals surface area contributed by atoms with Crippen molar-refractivity contribution in [1.29, 1.82) is 0 Å². The molecule has 1 fully saturated rings. The molecule has 3 heterocycles. The highest BCUT2D eigenvalue weighted by Crippen LogP contribution is 2.36. The lowest BCUT2D eigenvalue weighted by molar-refractivity contribution is 0.0919. The van der Waals surface area contributed by atoms with Gasteiger partial charge in [-0.2, -0.15) is 0 Å². The minimum atomic E-state index is -0.625. The molecule has 35 heavy (non-hydrogen) atoms. The molecule has 8 nitrogen and oxygen atoms in total. The second-order valence-electron chi connectivity index (χ2n) is 8.74. The molecule has 1 aliphatic heterocycles. The molecule has 0 bridgehead atoms. The number of hydrogen-bond acceptors (Lipinski definition) is 7. The zero-order chi connectivity index (χ0) is 24.5. The van der Waals surface area contributed by atoms with Crippen molar-refractivity contribution >= 4 is 33.2 Å². The van der Waals surface area contributed by atoms with E-state index in [0.717, 1.165) is 44.7 Å². The Morgan fingerprint density at radius 3 is 2.57 bits per heavy atom. The van der Waals surface area contributed by atoms with Crippen LogP contribution < -0.4 is 17.0 Å². The summed E-state index contributed by atoms with van der Waals surface area (Å²) >= 11 is 1.64. The number of nitrogens with two attached hydrogens (primary N) is 1. The van der Waals surface area contributed by atoms with Crippen LogP contribution in [-0.2, 0) is 13.1 Å². The molecule has 2 N–H and O–H groups in total. The second kappa shape index (κ2) is 9.59. The number of thiazole rings is 1. The van der Waals surface area contributed by atoms with Gasteiger partial charge in [0.15, 0.2) is 5.78 Å². The van der Waals surface area contributed by atoms with Crippen LogP contribution >= 0.6 is 11.3 Å². The first kappa shape index (κ1) is 23.2. The monoisotopic (exact) mass is 489 g/mol. The largest absolute Gasteiger partial charge is 0.384 e. The summed E-state index contributed by atoms with van der Waals surface area (Å²) in [6, 6.07) is 17.4. The number of hydrogen-bond donors (Lipinski definition) is 1. The standard InChI is InChI=1S/C26H27N5O3S/c1-2-30-25(33)22(23(27)31(26(30)34)15-17-9-4-3-5-10-17)20(32)16-29-14-8-12-19(29)24-28-18-11-6-7-13-21(18)35-24/h3-7,9-11,13,19H,2,8,12,14-16,27H2,1H3/t19-/m1/s1. The Hall–Kier alpha value is -3.56. The van der Waals surface area contributed by atoms with Crippen LogP contribution in [0.1, 0.15) is 46.7 Å². The molecule has 0 spiro atoms. The molecule has 0 radical (unpaired) electrons. The fourth-order valence-corrected chi connectivity index (χ4v) is 5.90. The van der Waals surface area contributed by atoms with Crippen molar-refractivity contribution in [2.24, 2.45) is 0 Å². The molecule has 180 valence electrons. The average Bonchev–Trinajstić information content (AvgIpc) is 3.49. The van der Waals surface area contributed by atoms with Gasteiger partial charge in [-0.3, -0.25) is 23.6 Å². The first-order valence-electron chi connectivity index (χ1n) is 11.8. The van der Waals surface area contributed by atoms with E-state index >= 15 is 0 Å². The van der Waals surface area contributed by atoms with Crippen LogP contribution in [0.15, 0.2) is 64.2 Å². The van der Waals surface area contributed by atoms with E-state index in [1.165, 1.54) is 4.57 Å². The number of benzene rings is 2. The van der Waals surface area contributed by atoms with Gasteiger partial charge in [-0.1, -0.05) is 42.5 Å². The maximum absolute atomic E-state index is 13.5. The minimum absolute atomic E-state index is 0.0150. The van der Waals surface area contributed by atoms with E-state index in [1.807, 2.05) is 54.6 Å². The first-order chi connectivity index (χ1) is 17.0. The number of nitrogens with zero attached hydrogens (tertiary/aromatic N) is 4. The molecule has 1 saturated heterocycles. The molecular weight excluding hydrogens is 462 g/mol. The number of anilines is 1. The fraction of sp³-hybridized carbons (Fsp3) is 0.308. The Morgan fingerprint density at radius 2 is 1.83 bits per heavy atom. The number of fused-ring (bicyclic) bond motifs is 1. The summed E-state index contributed by atoms with van der Waals surface area (Å²) in [5.74, 6) is -0.446. The smallest absolute Gasteiger partial charge is 0.332 e. The van der Waals surface area contributed by atoms with E-state index in [4.69, 9.17) is 10.7 Å². The molecule has 0 aliphatic carbocycles. The molecule has 2 aromatic carbocycles. The lowest BCUT2D eigenvalue weighted by atomic mass is 10.1. The molecule has 5 rings (SSSR count). The Balaban J connectivity index is 1.48. The predicted octanol–water partition coefficient (Wildman–Crippen LogP) is 3.29. The Labute approximate surface area is 206 Å². The molecular formula is C26H27N5O3S. The van der Waals surface area contributed by atoms with Gasteiger partial charge in [0.2, 0.25) is 0 Å². The van der Waals surface area contributed by atoms with Crippen molar-refractivity contribution in [3.05, 3.63) is 91.6 Å². The predicted molar refractivity (Wildman–Crippen MR) is 138 cm³/mol. The van der Waals surface area contributed by atoms with E-state index < -0.39 is 11.2 Å². The van der Waals surface area contributed by atoms with Crippen molar-refractivity contribution in [3.63, 3.8) is 0 Å². The van der Waals surface area contributed by atoms with Crippen LogP contribution in [0.2, 0.25) is 0 Å². The average molecular weight is 490 g/mol. The number of Topliss-reactive ketones (excluding diaryl/α,β-unsaturated/α-hetero) is 1. The minimum Gasteiger partial charge on any atom is -0.384 e. The van der Waals surface area contributed by atoms with Gasteiger partial charge in [0.1, 0.15) is 16.4 Å². The van der Waals surface area contributed by atoms with Gasteiger partial charge in [-0.05, 0) is 44.0 Å². The van der Waals surface area contributed by atoms with Crippen molar-refractivity contribution in [3.8, 4) is 0 Å². The van der Waals surface area contributed by atoms with Crippen LogP contribution in [0.5, 0.6) is 0 Å². The third kappa shape index (κ3) is 4.33. The summed E-state index contributed by atoms with van der Waals surface area (Å²) in [7, 11) is 0. The Morgan fingerprint density at radius 1 is 1.09 bits per heavy atom. The molecule has 0 saturated carbocycles. The third-order valence-corrected chi connectivity index (χ3v) is 7.69. The van der Waals surface area contributed by atoms with E-state index in [2.05, 4.69) is 4.90 Å². The summed E-state index contributed by atoms with van der Waals surface area (Å²) < 4.78 is 3.52. The number of rotatable bonds is 7. The first-order valence-corrected chi connectivity index (χ1v) is 12.6. The summed E-state index contributed by atoms with van der Waals surface area (Å²) in [6.45, 7) is 2.84. The summed E-state index contributed by atoms with van der Waals surface area (Å²) in [5.41, 5.74) is 6.89. The number of nitrogen functional groups attached to an aromatic ring is 1. The molecule has 1 aliphatic rings. The molecule has 4 aromatic rings. The number of aromatic nitrogens is 3.